The highest BCUT2D eigenvalue weighted by Gasteiger charge is 1.98. The lowest BCUT2D eigenvalue weighted by molar-refractivity contribution is 0.234. The normalized spacial score (nSPS) is 8.29. The minimum absolute atomic E-state index is 0.441. The van der Waals surface area contributed by atoms with Gasteiger partial charge in [0, 0.05) is 18.3 Å². The number of halogens is 1. The molecular formula is C3H7ClN2O. The standard InChI is InChI=1S/C3H7ClN2O/c1-2-6(4)3(5)7/h2H2,1H3,(H2,5,7). The largest absolute Gasteiger partial charge is 0.350 e. The van der Waals surface area contributed by atoms with E-state index in [0.717, 1.165) is 4.42 Å². The van der Waals surface area contributed by atoms with E-state index in [4.69, 9.17) is 17.5 Å². The van der Waals surface area contributed by atoms with E-state index in [2.05, 4.69) is 0 Å². The molecule has 0 aliphatic heterocycles. The Bertz CT molecular complexity index is 75.3. The minimum atomic E-state index is -0.607. The lowest BCUT2D eigenvalue weighted by Crippen LogP contribution is -2.26. The highest BCUT2D eigenvalue weighted by Crippen LogP contribution is 1.88. The van der Waals surface area contributed by atoms with Gasteiger partial charge in [0.15, 0.2) is 0 Å². The molecule has 7 heavy (non-hydrogen) atoms. The average molecular weight is 123 g/mol. The van der Waals surface area contributed by atoms with Crippen LogP contribution in [0.5, 0.6) is 0 Å². The first kappa shape index (κ1) is 6.56. The van der Waals surface area contributed by atoms with Crippen LogP contribution in [0, 0.1) is 0 Å². The third-order valence-electron chi connectivity index (χ3n) is 0.517. The molecule has 0 saturated heterocycles. The number of amides is 2. The molecule has 0 unspecified atom stereocenters. The van der Waals surface area contributed by atoms with Crippen molar-refractivity contribution in [1.82, 2.24) is 4.42 Å². The Morgan fingerprint density at radius 3 is 2.43 bits per heavy atom. The molecule has 0 aromatic carbocycles. The summed E-state index contributed by atoms with van der Waals surface area (Å²) < 4.78 is 0.903. The Hall–Kier alpha value is -0.440. The summed E-state index contributed by atoms with van der Waals surface area (Å²) in [5.41, 5.74) is 4.70. The average Bonchev–Trinajstić information content (AvgIpc) is 1.65. The van der Waals surface area contributed by atoms with Gasteiger partial charge in [-0.2, -0.15) is 0 Å². The number of carbonyl (C=O) groups is 1. The number of carbonyl (C=O) groups excluding carboxylic acids is 1. The fourth-order valence-electron chi connectivity index (χ4n) is 0.156. The fourth-order valence-corrected chi connectivity index (χ4v) is 0.156. The Kier molecular flexibility index (Phi) is 2.52. The van der Waals surface area contributed by atoms with Crippen LogP contribution < -0.4 is 5.73 Å². The number of urea groups is 1. The minimum Gasteiger partial charge on any atom is -0.350 e. The second kappa shape index (κ2) is 2.69. The fraction of sp³-hybridized carbons (Fsp3) is 0.667. The molecule has 2 N–H and O–H groups in total. The van der Waals surface area contributed by atoms with Crippen LogP contribution in [0.25, 0.3) is 0 Å². The van der Waals surface area contributed by atoms with Gasteiger partial charge in [-0.25, -0.2) is 9.21 Å². The van der Waals surface area contributed by atoms with Crippen LogP contribution >= 0.6 is 11.8 Å². The van der Waals surface area contributed by atoms with E-state index in [0.29, 0.717) is 6.54 Å². The quantitative estimate of drug-likeness (QED) is 0.507. The summed E-state index contributed by atoms with van der Waals surface area (Å²) in [6.45, 7) is 2.18. The van der Waals surface area contributed by atoms with Gasteiger partial charge in [-0.3, -0.25) is 0 Å². The predicted molar refractivity (Wildman–Crippen MR) is 27.8 cm³/mol. The number of hydrogen-bond acceptors (Lipinski definition) is 1. The first-order valence-corrected chi connectivity index (χ1v) is 2.25. The second-order valence-electron chi connectivity index (χ2n) is 1.02. The van der Waals surface area contributed by atoms with Gasteiger partial charge in [-0.05, 0) is 6.92 Å². The zero-order chi connectivity index (χ0) is 5.86. The molecule has 0 aliphatic rings. The summed E-state index contributed by atoms with van der Waals surface area (Å²) in [6.07, 6.45) is 0. The molecule has 0 bridgehead atoms. The van der Waals surface area contributed by atoms with Crippen LogP contribution in [-0.2, 0) is 0 Å². The topological polar surface area (TPSA) is 46.3 Å². The van der Waals surface area contributed by atoms with Gasteiger partial charge in [0.25, 0.3) is 0 Å². The molecule has 42 valence electrons. The first-order chi connectivity index (χ1) is 3.18. The van der Waals surface area contributed by atoms with E-state index in [1.54, 1.807) is 6.92 Å². The van der Waals surface area contributed by atoms with Crippen molar-refractivity contribution in [3.63, 3.8) is 0 Å². The number of rotatable bonds is 1. The van der Waals surface area contributed by atoms with Crippen molar-refractivity contribution in [2.24, 2.45) is 5.73 Å². The maximum atomic E-state index is 9.95. The van der Waals surface area contributed by atoms with E-state index in [1.165, 1.54) is 0 Å². The summed E-state index contributed by atoms with van der Waals surface area (Å²) in [6, 6.07) is -0.607. The molecule has 2 amide bonds. The molecule has 0 aromatic rings. The molecule has 0 atom stereocenters. The van der Waals surface area contributed by atoms with Gasteiger partial charge in [-0.15, -0.1) is 0 Å². The Morgan fingerprint density at radius 2 is 2.43 bits per heavy atom. The van der Waals surface area contributed by atoms with Crippen molar-refractivity contribution >= 4 is 17.8 Å². The van der Waals surface area contributed by atoms with Crippen molar-refractivity contribution in [3.05, 3.63) is 0 Å². The van der Waals surface area contributed by atoms with Crippen LogP contribution in [0.4, 0.5) is 4.79 Å². The van der Waals surface area contributed by atoms with Crippen LogP contribution in [0.15, 0.2) is 0 Å². The van der Waals surface area contributed by atoms with E-state index < -0.39 is 6.03 Å². The summed E-state index contributed by atoms with van der Waals surface area (Å²) >= 11 is 5.16. The summed E-state index contributed by atoms with van der Waals surface area (Å²) in [4.78, 5) is 9.95. The number of nitrogens with two attached hydrogens (primary N) is 1. The SMILES string of the molecule is CCN(Cl)C(N)=O. The monoisotopic (exact) mass is 122 g/mol. The number of nitrogens with zero attached hydrogens (tertiary/aromatic N) is 1. The molecule has 0 radical (unpaired) electrons. The van der Waals surface area contributed by atoms with Crippen LogP contribution in [0.2, 0.25) is 0 Å². The first-order valence-electron chi connectivity index (χ1n) is 1.91. The van der Waals surface area contributed by atoms with Crippen molar-refractivity contribution in [1.29, 1.82) is 0 Å². The summed E-state index contributed by atoms with van der Waals surface area (Å²) in [5.74, 6) is 0. The lowest BCUT2D eigenvalue weighted by atomic mass is 10.7. The zero-order valence-electron chi connectivity index (χ0n) is 4.02. The van der Waals surface area contributed by atoms with Gasteiger partial charge >= 0.3 is 6.03 Å². The van der Waals surface area contributed by atoms with Crippen molar-refractivity contribution in [2.75, 3.05) is 6.54 Å². The molecule has 0 saturated carbocycles. The van der Waals surface area contributed by atoms with Crippen molar-refractivity contribution in [3.8, 4) is 0 Å². The molecule has 0 aliphatic carbocycles. The van der Waals surface area contributed by atoms with Gasteiger partial charge in [-0.1, -0.05) is 0 Å². The van der Waals surface area contributed by atoms with Crippen LogP contribution in [0.1, 0.15) is 6.92 Å². The molecule has 0 heterocycles. The summed E-state index contributed by atoms with van der Waals surface area (Å²) in [5, 5.41) is 0. The van der Waals surface area contributed by atoms with Crippen molar-refractivity contribution in [2.45, 2.75) is 6.92 Å². The smallest absolute Gasteiger partial charge is 0.329 e. The third-order valence-corrected chi connectivity index (χ3v) is 0.922. The molecule has 4 heteroatoms. The maximum Gasteiger partial charge on any atom is 0.329 e. The molecule has 0 rings (SSSR count). The zero-order valence-corrected chi connectivity index (χ0v) is 4.77. The van der Waals surface area contributed by atoms with E-state index in [9.17, 15) is 4.79 Å². The molecular weight excluding hydrogens is 115 g/mol. The molecule has 0 aromatic heterocycles. The Labute approximate surface area is 47.1 Å². The molecule has 3 nitrogen and oxygen atoms in total. The maximum absolute atomic E-state index is 9.95. The molecule has 0 fully saturated rings. The van der Waals surface area contributed by atoms with E-state index in [1.807, 2.05) is 0 Å². The highest BCUT2D eigenvalue weighted by atomic mass is 35.5. The highest BCUT2D eigenvalue weighted by molar-refractivity contribution is 6.20. The van der Waals surface area contributed by atoms with Gasteiger partial charge in [0.1, 0.15) is 0 Å². The van der Waals surface area contributed by atoms with Gasteiger partial charge < -0.3 is 5.73 Å². The lowest BCUT2D eigenvalue weighted by Gasteiger charge is -2.03. The van der Waals surface area contributed by atoms with E-state index in [-0.39, 0.29) is 0 Å². The van der Waals surface area contributed by atoms with Crippen LogP contribution in [-0.4, -0.2) is 17.0 Å². The summed E-state index contributed by atoms with van der Waals surface area (Å²) in [7, 11) is 0. The Balaban J connectivity index is 3.34. The van der Waals surface area contributed by atoms with Crippen molar-refractivity contribution < 1.29 is 4.79 Å². The van der Waals surface area contributed by atoms with Gasteiger partial charge in [0.05, 0.1) is 0 Å². The third kappa shape index (κ3) is 2.28. The van der Waals surface area contributed by atoms with Crippen LogP contribution in [0.3, 0.4) is 0 Å². The number of primary amides is 1. The van der Waals surface area contributed by atoms with Gasteiger partial charge in [0.2, 0.25) is 0 Å². The second-order valence-corrected chi connectivity index (χ2v) is 1.42. The molecule has 0 spiro atoms. The van der Waals surface area contributed by atoms with E-state index >= 15 is 0 Å². The predicted octanol–water partition coefficient (Wildman–Crippen LogP) is 0.541. The number of hydrogen-bond donors (Lipinski definition) is 1. The Morgan fingerprint density at radius 1 is 2.00 bits per heavy atom.